The highest BCUT2D eigenvalue weighted by molar-refractivity contribution is 5.92. The Morgan fingerprint density at radius 3 is 2.85 bits per heavy atom. The highest BCUT2D eigenvalue weighted by Crippen LogP contribution is 2.23. The van der Waals surface area contributed by atoms with Crippen LogP contribution in [0.2, 0.25) is 0 Å². The molecule has 0 atom stereocenters. The zero-order valence-electron chi connectivity index (χ0n) is 11.2. The summed E-state index contributed by atoms with van der Waals surface area (Å²) >= 11 is 0. The largest absolute Gasteiger partial charge is 0.478 e. The second kappa shape index (κ2) is 4.48. The van der Waals surface area contributed by atoms with E-state index in [9.17, 15) is 4.79 Å². The fourth-order valence-corrected chi connectivity index (χ4v) is 2.18. The minimum absolute atomic E-state index is 0.225. The molecule has 1 aromatic carbocycles. The van der Waals surface area contributed by atoms with E-state index in [1.165, 1.54) is 0 Å². The summed E-state index contributed by atoms with van der Waals surface area (Å²) in [5.74, 6) is -0.260. The van der Waals surface area contributed by atoms with Crippen molar-refractivity contribution in [1.29, 1.82) is 0 Å². The van der Waals surface area contributed by atoms with Crippen LogP contribution >= 0.6 is 0 Å². The standard InChI is InChI=1S/C14H14N4O2/c1-8(2)18-12(5-6-15-18)13-16-10-4-3-9(14(19)20)7-11(10)17-13/h3-8H,1-2H3,(H,16,17)(H,19,20). The molecule has 0 unspecified atom stereocenters. The summed E-state index contributed by atoms with van der Waals surface area (Å²) in [5, 5.41) is 13.3. The van der Waals surface area contributed by atoms with Gasteiger partial charge in [0, 0.05) is 12.2 Å². The van der Waals surface area contributed by atoms with Crippen LogP contribution in [0.15, 0.2) is 30.5 Å². The second-order valence-corrected chi connectivity index (χ2v) is 4.88. The molecule has 0 aliphatic carbocycles. The molecule has 0 radical (unpaired) electrons. The lowest BCUT2D eigenvalue weighted by atomic mass is 10.2. The van der Waals surface area contributed by atoms with Crippen LogP contribution in [0.4, 0.5) is 0 Å². The van der Waals surface area contributed by atoms with Crippen LogP contribution < -0.4 is 0 Å². The van der Waals surface area contributed by atoms with Gasteiger partial charge in [-0.3, -0.25) is 4.68 Å². The van der Waals surface area contributed by atoms with E-state index in [-0.39, 0.29) is 11.6 Å². The van der Waals surface area contributed by atoms with Gasteiger partial charge in [0.1, 0.15) is 5.69 Å². The first-order valence-corrected chi connectivity index (χ1v) is 6.33. The number of rotatable bonds is 3. The Morgan fingerprint density at radius 1 is 1.35 bits per heavy atom. The predicted molar refractivity (Wildman–Crippen MR) is 74.7 cm³/mol. The lowest BCUT2D eigenvalue weighted by Crippen LogP contribution is -2.04. The number of carboxylic acids is 1. The molecule has 3 aromatic rings. The Hall–Kier alpha value is -2.63. The number of carboxylic acid groups (broad SMARTS) is 1. The quantitative estimate of drug-likeness (QED) is 0.766. The molecule has 0 saturated heterocycles. The summed E-state index contributed by atoms with van der Waals surface area (Å²) in [6.07, 6.45) is 1.73. The van der Waals surface area contributed by atoms with Gasteiger partial charge < -0.3 is 10.1 Å². The summed E-state index contributed by atoms with van der Waals surface area (Å²) in [7, 11) is 0. The fraction of sp³-hybridized carbons (Fsp3) is 0.214. The van der Waals surface area contributed by atoms with Gasteiger partial charge in [0.05, 0.1) is 16.6 Å². The van der Waals surface area contributed by atoms with Crippen molar-refractivity contribution in [3.05, 3.63) is 36.0 Å². The first-order valence-electron chi connectivity index (χ1n) is 6.33. The van der Waals surface area contributed by atoms with Gasteiger partial charge >= 0.3 is 5.97 Å². The lowest BCUT2D eigenvalue weighted by Gasteiger charge is -2.08. The van der Waals surface area contributed by atoms with Crippen molar-refractivity contribution in [2.75, 3.05) is 0 Å². The van der Waals surface area contributed by atoms with E-state index in [0.29, 0.717) is 11.3 Å². The molecule has 6 nitrogen and oxygen atoms in total. The van der Waals surface area contributed by atoms with Crippen molar-refractivity contribution in [2.24, 2.45) is 0 Å². The molecule has 2 N–H and O–H groups in total. The Morgan fingerprint density at radius 2 is 2.15 bits per heavy atom. The number of benzene rings is 1. The number of aromatic nitrogens is 4. The van der Waals surface area contributed by atoms with E-state index in [1.807, 2.05) is 24.6 Å². The van der Waals surface area contributed by atoms with Crippen LogP contribution in [-0.4, -0.2) is 30.8 Å². The van der Waals surface area contributed by atoms with Gasteiger partial charge in [-0.25, -0.2) is 9.78 Å². The first kappa shape index (κ1) is 12.4. The van der Waals surface area contributed by atoms with E-state index < -0.39 is 5.97 Å². The molecule has 6 heteroatoms. The highest BCUT2D eigenvalue weighted by Gasteiger charge is 2.13. The molecule has 20 heavy (non-hydrogen) atoms. The van der Waals surface area contributed by atoms with Crippen LogP contribution in [0.5, 0.6) is 0 Å². The molecule has 0 fully saturated rings. The summed E-state index contributed by atoms with van der Waals surface area (Å²) in [6.45, 7) is 4.09. The zero-order chi connectivity index (χ0) is 14.3. The normalized spacial score (nSPS) is 11.3. The van der Waals surface area contributed by atoms with Crippen LogP contribution in [-0.2, 0) is 0 Å². The second-order valence-electron chi connectivity index (χ2n) is 4.88. The number of nitrogens with zero attached hydrogens (tertiary/aromatic N) is 3. The maximum Gasteiger partial charge on any atom is 0.335 e. The summed E-state index contributed by atoms with van der Waals surface area (Å²) < 4.78 is 1.87. The van der Waals surface area contributed by atoms with Gasteiger partial charge in [-0.1, -0.05) is 0 Å². The van der Waals surface area contributed by atoms with Gasteiger partial charge in [-0.05, 0) is 38.1 Å². The predicted octanol–water partition coefficient (Wildman–Crippen LogP) is 2.71. The molecular formula is C14H14N4O2. The number of H-pyrrole nitrogens is 1. The number of hydrogen-bond donors (Lipinski definition) is 2. The van der Waals surface area contributed by atoms with Crippen LogP contribution in [0, 0.1) is 0 Å². The van der Waals surface area contributed by atoms with Gasteiger partial charge in [0.2, 0.25) is 0 Å². The molecule has 102 valence electrons. The van der Waals surface area contributed by atoms with Crippen LogP contribution in [0.1, 0.15) is 30.2 Å². The molecule has 0 spiro atoms. The zero-order valence-corrected chi connectivity index (χ0v) is 11.2. The Bertz CT molecular complexity index is 785. The van der Waals surface area contributed by atoms with Crippen molar-refractivity contribution in [1.82, 2.24) is 19.7 Å². The molecule has 3 rings (SSSR count). The number of fused-ring (bicyclic) bond motifs is 1. The van der Waals surface area contributed by atoms with Crippen molar-refractivity contribution >= 4 is 17.0 Å². The summed E-state index contributed by atoms with van der Waals surface area (Å²) in [6, 6.07) is 6.95. The lowest BCUT2D eigenvalue weighted by molar-refractivity contribution is 0.0697. The third-order valence-corrected chi connectivity index (χ3v) is 3.13. The van der Waals surface area contributed by atoms with Gasteiger partial charge in [-0.2, -0.15) is 5.10 Å². The van der Waals surface area contributed by atoms with E-state index in [0.717, 1.165) is 11.2 Å². The molecular weight excluding hydrogens is 256 g/mol. The Kier molecular flexibility index (Phi) is 2.78. The third kappa shape index (κ3) is 1.95. The van der Waals surface area contributed by atoms with Crippen LogP contribution in [0.25, 0.3) is 22.6 Å². The molecule has 0 bridgehead atoms. The van der Waals surface area contributed by atoms with E-state index >= 15 is 0 Å². The van der Waals surface area contributed by atoms with E-state index in [1.54, 1.807) is 24.4 Å². The number of imidazole rings is 1. The highest BCUT2D eigenvalue weighted by atomic mass is 16.4. The Labute approximate surface area is 115 Å². The average Bonchev–Trinajstić information content (AvgIpc) is 3.03. The number of aromatic amines is 1. The average molecular weight is 270 g/mol. The van der Waals surface area contributed by atoms with Gasteiger partial charge in [0.25, 0.3) is 0 Å². The molecule has 0 amide bonds. The fourth-order valence-electron chi connectivity index (χ4n) is 2.18. The van der Waals surface area contributed by atoms with Crippen molar-refractivity contribution in [3.63, 3.8) is 0 Å². The van der Waals surface area contributed by atoms with Gasteiger partial charge in [0.15, 0.2) is 5.82 Å². The van der Waals surface area contributed by atoms with Crippen molar-refractivity contribution < 1.29 is 9.90 Å². The number of nitrogens with one attached hydrogen (secondary N) is 1. The van der Waals surface area contributed by atoms with E-state index in [2.05, 4.69) is 15.1 Å². The molecule has 0 saturated carbocycles. The minimum Gasteiger partial charge on any atom is -0.478 e. The number of hydrogen-bond acceptors (Lipinski definition) is 3. The monoisotopic (exact) mass is 270 g/mol. The van der Waals surface area contributed by atoms with Crippen molar-refractivity contribution in [3.8, 4) is 11.5 Å². The molecule has 0 aliphatic heterocycles. The number of carbonyl (C=O) groups is 1. The maximum absolute atomic E-state index is 11.0. The summed E-state index contributed by atoms with van der Waals surface area (Å²) in [4.78, 5) is 18.6. The van der Waals surface area contributed by atoms with Crippen LogP contribution in [0.3, 0.4) is 0 Å². The topological polar surface area (TPSA) is 83.8 Å². The van der Waals surface area contributed by atoms with Gasteiger partial charge in [-0.15, -0.1) is 0 Å². The van der Waals surface area contributed by atoms with E-state index in [4.69, 9.17) is 5.11 Å². The molecule has 2 heterocycles. The summed E-state index contributed by atoms with van der Waals surface area (Å²) in [5.41, 5.74) is 2.57. The third-order valence-electron chi connectivity index (χ3n) is 3.13. The molecule has 2 aromatic heterocycles. The SMILES string of the molecule is CC(C)n1nccc1-c1nc2ccc(C(=O)O)cc2[nH]1. The molecule has 0 aliphatic rings. The number of aromatic carboxylic acids is 1. The Balaban J connectivity index is 2.13. The van der Waals surface area contributed by atoms with Crippen molar-refractivity contribution in [2.45, 2.75) is 19.9 Å². The minimum atomic E-state index is -0.949. The smallest absolute Gasteiger partial charge is 0.335 e. The maximum atomic E-state index is 11.0. The first-order chi connectivity index (χ1) is 9.56.